The molecule has 146 valence electrons. The Kier molecular flexibility index (Phi) is 5.85. The highest BCUT2D eigenvalue weighted by Crippen LogP contribution is 2.32. The van der Waals surface area contributed by atoms with Crippen LogP contribution in [0.5, 0.6) is 10.9 Å². The zero-order chi connectivity index (χ0) is 19.3. The first kappa shape index (κ1) is 18.9. The summed E-state index contributed by atoms with van der Waals surface area (Å²) in [5.74, 6) is 0.710. The highest BCUT2D eigenvalue weighted by atomic mass is 32.1. The quantitative estimate of drug-likeness (QED) is 0.415. The molecule has 7 heteroatoms. The van der Waals surface area contributed by atoms with Crippen molar-refractivity contribution in [1.82, 2.24) is 20.2 Å². The van der Waals surface area contributed by atoms with Gasteiger partial charge in [0.25, 0.3) is 5.19 Å². The number of nitrogens with zero attached hydrogens (tertiary/aromatic N) is 3. The molecule has 0 aliphatic heterocycles. The summed E-state index contributed by atoms with van der Waals surface area (Å²) in [5, 5.41) is 5.19. The van der Waals surface area contributed by atoms with Crippen molar-refractivity contribution in [3.05, 3.63) is 48.4 Å². The van der Waals surface area contributed by atoms with Gasteiger partial charge in [0.1, 0.15) is 11.3 Å². The highest BCUT2D eigenvalue weighted by molar-refractivity contribution is 7.20. The second-order valence-corrected chi connectivity index (χ2v) is 7.52. The van der Waals surface area contributed by atoms with Crippen molar-refractivity contribution < 1.29 is 9.15 Å². The number of benzene rings is 1. The van der Waals surface area contributed by atoms with E-state index in [1.54, 1.807) is 6.20 Å². The van der Waals surface area contributed by atoms with Crippen LogP contribution in [-0.2, 0) is 6.54 Å². The van der Waals surface area contributed by atoms with Gasteiger partial charge in [-0.25, -0.2) is 4.98 Å². The first-order valence-corrected chi connectivity index (χ1v) is 10.4. The number of rotatable bonds is 9. The number of ether oxygens (including phenoxy) is 1. The Morgan fingerprint density at radius 2 is 2.11 bits per heavy atom. The zero-order valence-electron chi connectivity index (χ0n) is 16.1. The molecular formula is C21H24N4O2S. The molecule has 28 heavy (non-hydrogen) atoms. The molecule has 0 radical (unpaired) electrons. The lowest BCUT2D eigenvalue weighted by molar-refractivity contribution is 0.302. The summed E-state index contributed by atoms with van der Waals surface area (Å²) in [7, 11) is 0. The molecule has 0 aliphatic rings. The van der Waals surface area contributed by atoms with Gasteiger partial charge in [-0.1, -0.05) is 25.2 Å². The Labute approximate surface area is 168 Å². The van der Waals surface area contributed by atoms with Gasteiger partial charge in [0.05, 0.1) is 11.0 Å². The van der Waals surface area contributed by atoms with Crippen LogP contribution in [0.1, 0.15) is 19.4 Å². The minimum atomic E-state index is 0.581. The van der Waals surface area contributed by atoms with E-state index in [4.69, 9.17) is 9.15 Å². The highest BCUT2D eigenvalue weighted by Gasteiger charge is 2.10. The number of hydrogen-bond acceptors (Lipinski definition) is 7. The number of furan rings is 1. The van der Waals surface area contributed by atoms with Crippen molar-refractivity contribution in [2.45, 2.75) is 20.4 Å². The third-order valence-electron chi connectivity index (χ3n) is 4.79. The molecule has 3 aromatic heterocycles. The van der Waals surface area contributed by atoms with Gasteiger partial charge in [0.15, 0.2) is 5.65 Å². The van der Waals surface area contributed by atoms with E-state index >= 15 is 0 Å². The fourth-order valence-corrected chi connectivity index (χ4v) is 3.95. The molecule has 3 heterocycles. The second-order valence-electron chi connectivity index (χ2n) is 6.53. The van der Waals surface area contributed by atoms with Gasteiger partial charge in [0.2, 0.25) is 0 Å². The fraction of sp³-hybridized carbons (Fsp3) is 0.333. The van der Waals surface area contributed by atoms with Gasteiger partial charge >= 0.3 is 0 Å². The van der Waals surface area contributed by atoms with Crippen LogP contribution in [-0.4, -0.2) is 41.0 Å². The molecule has 4 rings (SSSR count). The van der Waals surface area contributed by atoms with Crippen LogP contribution in [0.25, 0.3) is 21.3 Å². The average Bonchev–Trinajstić information content (AvgIpc) is 3.31. The Morgan fingerprint density at radius 3 is 2.93 bits per heavy atom. The fourth-order valence-electron chi connectivity index (χ4n) is 3.16. The molecule has 6 nitrogen and oxygen atoms in total. The van der Waals surface area contributed by atoms with E-state index in [1.807, 2.05) is 36.6 Å². The predicted molar refractivity (Wildman–Crippen MR) is 113 cm³/mol. The second kappa shape index (κ2) is 8.68. The lowest BCUT2D eigenvalue weighted by atomic mass is 10.1. The number of likely N-dealkylation sites (N-methyl/N-ethyl adjacent to an activating group) is 1. The van der Waals surface area contributed by atoms with Crippen LogP contribution < -0.4 is 10.1 Å². The molecule has 0 bridgehead atoms. The molecule has 1 aromatic carbocycles. The average molecular weight is 397 g/mol. The van der Waals surface area contributed by atoms with E-state index in [-0.39, 0.29) is 0 Å². The maximum atomic E-state index is 5.92. The monoisotopic (exact) mass is 396 g/mol. The van der Waals surface area contributed by atoms with Crippen LogP contribution >= 0.6 is 11.3 Å². The Bertz CT molecular complexity index is 1020. The van der Waals surface area contributed by atoms with E-state index in [2.05, 4.69) is 34.0 Å². The van der Waals surface area contributed by atoms with Gasteiger partial charge < -0.3 is 19.4 Å². The topological polar surface area (TPSA) is 63.4 Å². The Hall–Kier alpha value is -2.48. The summed E-state index contributed by atoms with van der Waals surface area (Å²) in [4.78, 5) is 11.1. The largest absolute Gasteiger partial charge is 0.464 e. The molecule has 0 saturated heterocycles. The lowest BCUT2D eigenvalue weighted by Gasteiger charge is -2.17. The van der Waals surface area contributed by atoms with Gasteiger partial charge in [0, 0.05) is 42.8 Å². The smallest absolute Gasteiger partial charge is 0.281 e. The van der Waals surface area contributed by atoms with Crippen LogP contribution in [0.2, 0.25) is 0 Å². The molecule has 0 saturated carbocycles. The van der Waals surface area contributed by atoms with Crippen molar-refractivity contribution in [3.8, 4) is 10.9 Å². The minimum absolute atomic E-state index is 0.581. The summed E-state index contributed by atoms with van der Waals surface area (Å²) in [6.45, 7) is 9.35. The maximum Gasteiger partial charge on any atom is 0.281 e. The van der Waals surface area contributed by atoms with Crippen LogP contribution in [0.3, 0.4) is 0 Å². The van der Waals surface area contributed by atoms with Crippen LogP contribution in [0.15, 0.2) is 47.2 Å². The van der Waals surface area contributed by atoms with Crippen molar-refractivity contribution >= 4 is 32.7 Å². The normalized spacial score (nSPS) is 11.7. The summed E-state index contributed by atoms with van der Waals surface area (Å²) in [6, 6.07) is 9.80. The SMILES string of the molecule is CCN(CC)CCNCc1coc2cc(Oc3nc4ncccc4s3)ccc12. The number of thiazole rings is 1. The summed E-state index contributed by atoms with van der Waals surface area (Å²) in [6.07, 6.45) is 3.55. The van der Waals surface area contributed by atoms with E-state index in [9.17, 15) is 0 Å². The predicted octanol–water partition coefficient (Wildman–Crippen LogP) is 4.66. The van der Waals surface area contributed by atoms with E-state index < -0.39 is 0 Å². The van der Waals surface area contributed by atoms with Gasteiger partial charge in [-0.3, -0.25) is 0 Å². The third-order valence-corrected chi connectivity index (χ3v) is 5.68. The van der Waals surface area contributed by atoms with Crippen LogP contribution in [0.4, 0.5) is 0 Å². The van der Waals surface area contributed by atoms with E-state index in [0.29, 0.717) is 16.6 Å². The van der Waals surface area contributed by atoms with Crippen molar-refractivity contribution in [2.24, 2.45) is 0 Å². The molecule has 4 aromatic rings. The summed E-state index contributed by atoms with van der Waals surface area (Å²) < 4.78 is 12.7. The number of fused-ring (bicyclic) bond motifs is 2. The Balaban J connectivity index is 1.41. The standard InChI is InChI=1S/C21H24N4O2S/c1-3-25(4-2)11-10-22-13-15-14-26-18-12-16(7-8-17(15)18)27-21-24-20-19(28-21)6-5-9-23-20/h5-9,12,14,22H,3-4,10-11,13H2,1-2H3. The zero-order valence-corrected chi connectivity index (χ0v) is 17.0. The van der Waals surface area contributed by atoms with E-state index in [0.717, 1.165) is 54.0 Å². The number of nitrogens with one attached hydrogen (secondary N) is 1. The maximum absolute atomic E-state index is 5.92. The molecule has 1 N–H and O–H groups in total. The van der Waals surface area contributed by atoms with E-state index in [1.165, 1.54) is 11.3 Å². The molecule has 0 spiro atoms. The van der Waals surface area contributed by atoms with Crippen LogP contribution in [0, 0.1) is 0 Å². The van der Waals surface area contributed by atoms with Crippen molar-refractivity contribution in [1.29, 1.82) is 0 Å². The molecular weight excluding hydrogens is 372 g/mol. The van der Waals surface area contributed by atoms with Crippen molar-refractivity contribution in [3.63, 3.8) is 0 Å². The minimum Gasteiger partial charge on any atom is -0.464 e. The van der Waals surface area contributed by atoms with Gasteiger partial charge in [-0.15, -0.1) is 0 Å². The lowest BCUT2D eigenvalue weighted by Crippen LogP contribution is -2.31. The molecule has 0 atom stereocenters. The van der Waals surface area contributed by atoms with Crippen molar-refractivity contribution in [2.75, 3.05) is 26.2 Å². The first-order valence-electron chi connectivity index (χ1n) is 9.59. The number of pyridine rings is 1. The third kappa shape index (κ3) is 4.16. The molecule has 0 aliphatic carbocycles. The summed E-state index contributed by atoms with van der Waals surface area (Å²) >= 11 is 1.48. The summed E-state index contributed by atoms with van der Waals surface area (Å²) in [5.41, 5.74) is 2.68. The number of hydrogen-bond donors (Lipinski definition) is 1. The first-order chi connectivity index (χ1) is 13.8. The van der Waals surface area contributed by atoms with Gasteiger partial charge in [-0.05, 0) is 37.4 Å². The number of aromatic nitrogens is 2. The Morgan fingerprint density at radius 1 is 1.21 bits per heavy atom. The molecule has 0 unspecified atom stereocenters. The van der Waals surface area contributed by atoms with Gasteiger partial charge in [-0.2, -0.15) is 4.98 Å². The molecule has 0 amide bonds. The molecule has 0 fully saturated rings.